The second-order valence-electron chi connectivity index (χ2n) is 6.85. The van der Waals surface area contributed by atoms with Crippen LogP contribution >= 0.6 is 11.3 Å². The van der Waals surface area contributed by atoms with Crippen molar-refractivity contribution in [2.45, 2.75) is 57.4 Å². The molecule has 1 aliphatic carbocycles. The molecule has 3 aromatic rings. The first-order valence-electron chi connectivity index (χ1n) is 9.12. The van der Waals surface area contributed by atoms with Crippen LogP contribution in [0, 0.1) is 6.92 Å². The molecule has 8 nitrogen and oxygen atoms in total. The fraction of sp³-hybridized carbons (Fsp3) is 0.500. The summed E-state index contributed by atoms with van der Waals surface area (Å²) in [7, 11) is 0. The molecule has 1 amide bonds. The minimum atomic E-state index is -0.538. The Hall–Kier alpha value is -2.55. The third-order valence-corrected chi connectivity index (χ3v) is 5.54. The number of carbonyl (C=O) groups is 1. The molecule has 1 N–H and O–H groups in total. The van der Waals surface area contributed by atoms with Crippen LogP contribution in [0.2, 0.25) is 0 Å². The number of thiophene rings is 1. The Labute approximate surface area is 160 Å². The minimum absolute atomic E-state index is 0.0744. The van der Waals surface area contributed by atoms with Crippen molar-refractivity contribution in [2.24, 2.45) is 0 Å². The Morgan fingerprint density at radius 3 is 2.78 bits per heavy atom. The maximum absolute atomic E-state index is 12.6. The van der Waals surface area contributed by atoms with Crippen molar-refractivity contribution in [2.75, 3.05) is 0 Å². The molecule has 0 aliphatic heterocycles. The fourth-order valence-electron chi connectivity index (χ4n) is 3.47. The van der Waals surface area contributed by atoms with Crippen molar-refractivity contribution in [3.8, 4) is 11.4 Å². The lowest BCUT2D eigenvalue weighted by molar-refractivity contribution is -0.123. The molecular formula is C18H21N5O3S. The number of hydrogen-bond acceptors (Lipinski definition) is 8. The number of aromatic nitrogens is 4. The minimum Gasteiger partial charge on any atom is -0.343 e. The van der Waals surface area contributed by atoms with E-state index in [1.54, 1.807) is 18.3 Å². The number of aryl methyl sites for hydroxylation is 2. The highest BCUT2D eigenvalue weighted by Gasteiger charge is 2.39. The molecule has 3 aromatic heterocycles. The zero-order valence-electron chi connectivity index (χ0n) is 15.1. The quantitative estimate of drug-likeness (QED) is 0.691. The normalized spacial score (nSPS) is 16.3. The van der Waals surface area contributed by atoms with Crippen LogP contribution in [-0.2, 0) is 16.8 Å². The van der Waals surface area contributed by atoms with Crippen LogP contribution in [0.3, 0.4) is 0 Å². The summed E-state index contributed by atoms with van der Waals surface area (Å²) in [4.78, 5) is 21.4. The smallest absolute Gasteiger partial charge is 0.227 e. The largest absolute Gasteiger partial charge is 0.343 e. The van der Waals surface area contributed by atoms with Crippen LogP contribution in [0.5, 0.6) is 0 Å². The van der Waals surface area contributed by atoms with Gasteiger partial charge in [0.25, 0.3) is 0 Å². The molecule has 1 saturated carbocycles. The number of rotatable bonds is 6. The second-order valence-corrected chi connectivity index (χ2v) is 7.63. The highest BCUT2D eigenvalue weighted by atomic mass is 32.1. The molecule has 27 heavy (non-hydrogen) atoms. The van der Waals surface area contributed by atoms with E-state index in [0.29, 0.717) is 29.9 Å². The summed E-state index contributed by atoms with van der Waals surface area (Å²) in [6.07, 6.45) is 5.51. The fourth-order valence-corrected chi connectivity index (χ4v) is 4.10. The van der Waals surface area contributed by atoms with E-state index in [0.717, 1.165) is 37.7 Å². The molecule has 0 atom stereocenters. The number of amides is 1. The Balaban J connectivity index is 1.40. The predicted octanol–water partition coefficient (Wildman–Crippen LogP) is 3.40. The Morgan fingerprint density at radius 2 is 2.07 bits per heavy atom. The molecule has 1 aliphatic rings. The van der Waals surface area contributed by atoms with Gasteiger partial charge in [0, 0.05) is 30.7 Å². The molecule has 3 heterocycles. The van der Waals surface area contributed by atoms with Crippen LogP contribution in [0.1, 0.15) is 56.1 Å². The van der Waals surface area contributed by atoms with Crippen LogP contribution in [0.25, 0.3) is 11.4 Å². The lowest BCUT2D eigenvalue weighted by atomic mass is 9.81. The third-order valence-electron chi connectivity index (χ3n) is 4.85. The van der Waals surface area contributed by atoms with E-state index in [1.165, 1.54) is 0 Å². The van der Waals surface area contributed by atoms with E-state index in [9.17, 15) is 4.79 Å². The SMILES string of the molecule is Cc1nc(C2(NC(=O)CCc3nc(-c4ccsc4)no3)CCCCC2)no1. The van der Waals surface area contributed by atoms with Crippen molar-refractivity contribution in [1.29, 1.82) is 0 Å². The summed E-state index contributed by atoms with van der Waals surface area (Å²) in [5.74, 6) is 2.02. The van der Waals surface area contributed by atoms with E-state index in [2.05, 4.69) is 25.6 Å². The highest BCUT2D eigenvalue weighted by molar-refractivity contribution is 7.08. The van der Waals surface area contributed by atoms with E-state index in [4.69, 9.17) is 9.05 Å². The van der Waals surface area contributed by atoms with E-state index in [1.807, 2.05) is 16.8 Å². The van der Waals surface area contributed by atoms with Crippen molar-refractivity contribution >= 4 is 17.2 Å². The molecule has 0 spiro atoms. The molecule has 1 fully saturated rings. The number of nitrogens with one attached hydrogen (secondary N) is 1. The molecule has 142 valence electrons. The molecule has 0 aromatic carbocycles. The van der Waals surface area contributed by atoms with E-state index in [-0.39, 0.29) is 12.3 Å². The molecule has 0 saturated heterocycles. The molecular weight excluding hydrogens is 366 g/mol. The topological polar surface area (TPSA) is 107 Å². The van der Waals surface area contributed by atoms with E-state index < -0.39 is 5.54 Å². The number of nitrogens with zero attached hydrogens (tertiary/aromatic N) is 4. The number of carbonyl (C=O) groups excluding carboxylic acids is 1. The zero-order valence-corrected chi connectivity index (χ0v) is 15.9. The summed E-state index contributed by atoms with van der Waals surface area (Å²) in [6.45, 7) is 1.76. The average Bonchev–Trinajstić information content (AvgIpc) is 3.42. The number of hydrogen-bond donors (Lipinski definition) is 1. The van der Waals surface area contributed by atoms with Gasteiger partial charge in [0.15, 0.2) is 5.82 Å². The lowest BCUT2D eigenvalue weighted by Crippen LogP contribution is -2.48. The lowest BCUT2D eigenvalue weighted by Gasteiger charge is -2.35. The van der Waals surface area contributed by atoms with Gasteiger partial charge >= 0.3 is 0 Å². The Kier molecular flexibility index (Phi) is 5.02. The van der Waals surface area contributed by atoms with Gasteiger partial charge in [0.05, 0.1) is 0 Å². The maximum atomic E-state index is 12.6. The van der Waals surface area contributed by atoms with Crippen LogP contribution in [-0.4, -0.2) is 26.2 Å². The first-order valence-corrected chi connectivity index (χ1v) is 10.1. The summed E-state index contributed by atoms with van der Waals surface area (Å²) in [5.41, 5.74) is 0.386. The van der Waals surface area contributed by atoms with Gasteiger partial charge in [0.1, 0.15) is 5.54 Å². The van der Waals surface area contributed by atoms with Gasteiger partial charge in [-0.3, -0.25) is 4.79 Å². The van der Waals surface area contributed by atoms with Gasteiger partial charge in [-0.15, -0.1) is 0 Å². The first-order chi connectivity index (χ1) is 13.1. The average molecular weight is 387 g/mol. The standard InChI is InChI=1S/C18H21N5O3S/c1-12-19-17(23-25-12)18(8-3-2-4-9-18)21-14(24)5-6-15-20-16(22-26-15)13-7-10-27-11-13/h7,10-11H,2-6,8-9H2,1H3,(H,21,24). The molecule has 0 radical (unpaired) electrons. The zero-order chi connectivity index (χ0) is 18.7. The van der Waals surface area contributed by atoms with E-state index >= 15 is 0 Å². The first kappa shape index (κ1) is 17.8. The van der Waals surface area contributed by atoms with Crippen molar-refractivity contribution in [1.82, 2.24) is 25.6 Å². The van der Waals surface area contributed by atoms with Gasteiger partial charge in [0.2, 0.25) is 23.5 Å². The second kappa shape index (κ2) is 7.59. The maximum Gasteiger partial charge on any atom is 0.227 e. The van der Waals surface area contributed by atoms with Crippen molar-refractivity contribution < 1.29 is 13.8 Å². The molecule has 9 heteroatoms. The Bertz CT molecular complexity index is 896. The van der Waals surface area contributed by atoms with Gasteiger partial charge in [-0.25, -0.2) is 0 Å². The van der Waals surface area contributed by atoms with Crippen molar-refractivity contribution in [3.05, 3.63) is 34.4 Å². The highest BCUT2D eigenvalue weighted by Crippen LogP contribution is 2.35. The summed E-state index contributed by atoms with van der Waals surface area (Å²) < 4.78 is 10.4. The van der Waals surface area contributed by atoms with Gasteiger partial charge in [-0.1, -0.05) is 29.6 Å². The predicted molar refractivity (Wildman–Crippen MR) is 97.9 cm³/mol. The monoisotopic (exact) mass is 387 g/mol. The third kappa shape index (κ3) is 3.92. The summed E-state index contributed by atoms with van der Waals surface area (Å²) in [5, 5.41) is 15.1. The Morgan fingerprint density at radius 1 is 1.22 bits per heavy atom. The van der Waals surface area contributed by atoms with Crippen LogP contribution in [0.4, 0.5) is 0 Å². The summed E-state index contributed by atoms with van der Waals surface area (Å²) >= 11 is 1.58. The van der Waals surface area contributed by atoms with Gasteiger partial charge in [-0.2, -0.15) is 21.3 Å². The van der Waals surface area contributed by atoms with Gasteiger partial charge < -0.3 is 14.4 Å². The summed E-state index contributed by atoms with van der Waals surface area (Å²) in [6, 6.07) is 1.94. The van der Waals surface area contributed by atoms with Crippen molar-refractivity contribution in [3.63, 3.8) is 0 Å². The molecule has 0 unspecified atom stereocenters. The molecule has 4 rings (SSSR count). The van der Waals surface area contributed by atoms with Crippen LogP contribution < -0.4 is 5.32 Å². The van der Waals surface area contributed by atoms with Crippen LogP contribution in [0.15, 0.2) is 25.9 Å². The van der Waals surface area contributed by atoms with Gasteiger partial charge in [-0.05, 0) is 24.3 Å². The molecule has 0 bridgehead atoms.